The second kappa shape index (κ2) is 8.41. The lowest BCUT2D eigenvalue weighted by atomic mass is 10.1. The number of aromatic nitrogens is 3. The lowest BCUT2D eigenvalue weighted by Gasteiger charge is -2.16. The molecule has 1 amide bonds. The van der Waals surface area contributed by atoms with Crippen molar-refractivity contribution in [3.63, 3.8) is 0 Å². The van der Waals surface area contributed by atoms with Crippen LogP contribution < -0.4 is 4.74 Å². The van der Waals surface area contributed by atoms with Crippen molar-refractivity contribution in [2.24, 2.45) is 0 Å². The molecule has 0 saturated carbocycles. The minimum Gasteiger partial charge on any atom is -0.497 e. The number of rotatable bonds is 7. The highest BCUT2D eigenvalue weighted by Crippen LogP contribution is 2.26. The molecule has 7 nitrogen and oxygen atoms in total. The van der Waals surface area contributed by atoms with Crippen LogP contribution in [-0.2, 0) is 17.6 Å². The average Bonchev–Trinajstić information content (AvgIpc) is 3.39. The molecule has 2 heterocycles. The maximum Gasteiger partial charge on any atom is 0.274 e. The first kappa shape index (κ1) is 19.7. The number of likely N-dealkylation sites (N-methyl/N-ethyl adjacent to an activating group) is 1. The van der Waals surface area contributed by atoms with E-state index in [1.807, 2.05) is 55.5 Å². The number of benzene rings is 2. The van der Waals surface area contributed by atoms with Gasteiger partial charge in [-0.25, -0.2) is 0 Å². The first-order valence-corrected chi connectivity index (χ1v) is 9.81. The van der Waals surface area contributed by atoms with Gasteiger partial charge >= 0.3 is 0 Å². The number of ether oxygens (including phenoxy) is 1. The number of hydrogen-bond donors (Lipinski definition) is 1. The maximum atomic E-state index is 12.5. The third kappa shape index (κ3) is 4.20. The van der Waals surface area contributed by atoms with E-state index in [1.54, 1.807) is 19.1 Å². The Labute approximate surface area is 174 Å². The molecular weight excluding hydrogens is 380 g/mol. The highest BCUT2D eigenvalue weighted by atomic mass is 16.5. The number of methoxy groups -OCH3 is 1. The Hall–Kier alpha value is -3.61. The lowest BCUT2D eigenvalue weighted by Crippen LogP contribution is -2.30. The number of aryl methyl sites for hydroxylation is 1. The van der Waals surface area contributed by atoms with Gasteiger partial charge in [-0.05, 0) is 42.3 Å². The zero-order valence-electron chi connectivity index (χ0n) is 17.3. The number of carbonyl (C=O) groups is 1. The minimum absolute atomic E-state index is 0.0672. The van der Waals surface area contributed by atoms with Crippen LogP contribution in [0.3, 0.4) is 0 Å². The Bertz CT molecular complexity index is 1180. The van der Waals surface area contributed by atoms with Crippen molar-refractivity contribution >= 4 is 16.8 Å². The number of hydrogen-bond acceptors (Lipinski definition) is 5. The van der Waals surface area contributed by atoms with Gasteiger partial charge in [0.25, 0.3) is 5.89 Å². The lowest BCUT2D eigenvalue weighted by molar-refractivity contribution is -0.129. The first-order valence-electron chi connectivity index (χ1n) is 9.81. The largest absolute Gasteiger partial charge is 0.497 e. The summed E-state index contributed by atoms with van der Waals surface area (Å²) in [6, 6.07) is 15.7. The van der Waals surface area contributed by atoms with Crippen LogP contribution in [0.2, 0.25) is 0 Å². The van der Waals surface area contributed by atoms with Crippen molar-refractivity contribution in [3.05, 3.63) is 65.5 Å². The van der Waals surface area contributed by atoms with Gasteiger partial charge in [-0.15, -0.1) is 0 Å². The molecule has 7 heteroatoms. The fourth-order valence-electron chi connectivity index (χ4n) is 3.32. The van der Waals surface area contributed by atoms with Gasteiger partial charge in [0.2, 0.25) is 5.91 Å². The molecule has 0 saturated heterocycles. The molecule has 0 spiro atoms. The van der Waals surface area contributed by atoms with Crippen LogP contribution in [0, 0.1) is 6.92 Å². The van der Waals surface area contributed by atoms with E-state index in [-0.39, 0.29) is 5.91 Å². The van der Waals surface area contributed by atoms with Gasteiger partial charge in [0.05, 0.1) is 13.5 Å². The van der Waals surface area contributed by atoms with Crippen LogP contribution in [0.1, 0.15) is 17.0 Å². The number of carbonyl (C=O) groups excluding carboxylic acids is 1. The minimum atomic E-state index is 0.0672. The molecule has 0 fully saturated rings. The van der Waals surface area contributed by atoms with Crippen LogP contribution in [0.15, 0.2) is 53.1 Å². The molecule has 0 unspecified atom stereocenters. The molecule has 2 aromatic carbocycles. The zero-order chi connectivity index (χ0) is 21.1. The maximum absolute atomic E-state index is 12.5. The molecule has 0 radical (unpaired) electrons. The van der Waals surface area contributed by atoms with E-state index in [1.165, 1.54) is 0 Å². The first-order chi connectivity index (χ1) is 14.5. The summed E-state index contributed by atoms with van der Waals surface area (Å²) in [6.07, 6.45) is 0.909. The highest BCUT2D eigenvalue weighted by Gasteiger charge is 2.15. The van der Waals surface area contributed by atoms with Crippen LogP contribution in [0.4, 0.5) is 0 Å². The second-order valence-electron chi connectivity index (χ2n) is 7.32. The molecule has 0 aliphatic heterocycles. The Morgan fingerprint density at radius 1 is 1.20 bits per heavy atom. The van der Waals surface area contributed by atoms with E-state index in [0.717, 1.165) is 33.5 Å². The van der Waals surface area contributed by atoms with E-state index < -0.39 is 0 Å². The summed E-state index contributed by atoms with van der Waals surface area (Å²) in [5.74, 6) is 1.85. The summed E-state index contributed by atoms with van der Waals surface area (Å²) in [5, 5.41) is 5.06. The van der Waals surface area contributed by atoms with E-state index in [0.29, 0.717) is 31.1 Å². The SMILES string of the molecule is COc1ccc2[nH]c(-c3nc(CCN(C)C(=O)Cc4ccccc4C)no3)cc2c1. The zero-order valence-corrected chi connectivity index (χ0v) is 17.3. The number of fused-ring (bicyclic) bond motifs is 1. The fraction of sp³-hybridized carbons (Fsp3) is 0.261. The normalized spacial score (nSPS) is 11.0. The standard InChI is InChI=1S/C23H24N4O3/c1-15-6-4-5-7-16(15)14-22(28)27(2)11-10-21-25-23(30-26-21)20-13-17-12-18(29-3)8-9-19(17)24-20/h4-9,12-13,24H,10-11,14H2,1-3H3. The van der Waals surface area contributed by atoms with E-state index in [9.17, 15) is 4.79 Å². The fourth-order valence-corrected chi connectivity index (χ4v) is 3.32. The Morgan fingerprint density at radius 3 is 2.83 bits per heavy atom. The van der Waals surface area contributed by atoms with Crippen LogP contribution in [-0.4, -0.2) is 46.6 Å². The van der Waals surface area contributed by atoms with E-state index in [4.69, 9.17) is 9.26 Å². The van der Waals surface area contributed by atoms with Gasteiger partial charge in [-0.3, -0.25) is 4.79 Å². The third-order valence-electron chi connectivity index (χ3n) is 5.23. The molecule has 0 aliphatic carbocycles. The van der Waals surface area contributed by atoms with Gasteiger partial charge in [0.1, 0.15) is 11.4 Å². The highest BCUT2D eigenvalue weighted by molar-refractivity contribution is 5.85. The summed E-state index contributed by atoms with van der Waals surface area (Å²) < 4.78 is 10.7. The molecular formula is C23H24N4O3. The monoisotopic (exact) mass is 404 g/mol. The summed E-state index contributed by atoms with van der Waals surface area (Å²) in [5.41, 5.74) is 3.89. The summed E-state index contributed by atoms with van der Waals surface area (Å²) in [7, 11) is 3.44. The Kier molecular flexibility index (Phi) is 5.52. The Balaban J connectivity index is 1.38. The van der Waals surface area contributed by atoms with Gasteiger partial charge < -0.3 is 19.1 Å². The molecule has 2 aromatic heterocycles. The van der Waals surface area contributed by atoms with E-state index in [2.05, 4.69) is 15.1 Å². The molecule has 1 N–H and O–H groups in total. The van der Waals surface area contributed by atoms with Gasteiger partial charge in [0.15, 0.2) is 5.82 Å². The van der Waals surface area contributed by atoms with Gasteiger partial charge in [-0.2, -0.15) is 4.98 Å². The van der Waals surface area contributed by atoms with Gasteiger partial charge in [-0.1, -0.05) is 29.4 Å². The predicted octanol–water partition coefficient (Wildman–Crippen LogP) is 3.78. The smallest absolute Gasteiger partial charge is 0.274 e. The molecule has 154 valence electrons. The topological polar surface area (TPSA) is 84.2 Å². The van der Waals surface area contributed by atoms with Crippen molar-refractivity contribution in [1.29, 1.82) is 0 Å². The number of H-pyrrole nitrogens is 1. The number of amides is 1. The molecule has 30 heavy (non-hydrogen) atoms. The predicted molar refractivity (Wildman–Crippen MR) is 114 cm³/mol. The van der Waals surface area contributed by atoms with Crippen molar-refractivity contribution in [2.45, 2.75) is 19.8 Å². The van der Waals surface area contributed by atoms with Crippen molar-refractivity contribution in [2.75, 3.05) is 20.7 Å². The van der Waals surface area contributed by atoms with Gasteiger partial charge in [0, 0.05) is 30.9 Å². The van der Waals surface area contributed by atoms with Crippen LogP contribution >= 0.6 is 0 Å². The van der Waals surface area contributed by atoms with E-state index >= 15 is 0 Å². The second-order valence-corrected chi connectivity index (χ2v) is 7.32. The number of nitrogens with zero attached hydrogens (tertiary/aromatic N) is 3. The van der Waals surface area contributed by atoms with Crippen molar-refractivity contribution in [1.82, 2.24) is 20.0 Å². The summed E-state index contributed by atoms with van der Waals surface area (Å²) in [4.78, 5) is 22.0. The molecule has 0 aliphatic rings. The summed E-state index contributed by atoms with van der Waals surface area (Å²) >= 11 is 0. The van der Waals surface area contributed by atoms with Crippen molar-refractivity contribution < 1.29 is 14.1 Å². The number of nitrogens with one attached hydrogen (secondary N) is 1. The quantitative estimate of drug-likeness (QED) is 0.507. The van der Waals surface area contributed by atoms with Crippen LogP contribution in [0.25, 0.3) is 22.5 Å². The number of aromatic amines is 1. The molecule has 0 atom stereocenters. The van der Waals surface area contributed by atoms with Crippen LogP contribution in [0.5, 0.6) is 5.75 Å². The average molecular weight is 404 g/mol. The summed E-state index contributed by atoms with van der Waals surface area (Å²) in [6.45, 7) is 2.54. The molecule has 4 aromatic rings. The molecule has 0 bridgehead atoms. The Morgan fingerprint density at radius 2 is 2.03 bits per heavy atom. The molecule has 4 rings (SSSR count). The van der Waals surface area contributed by atoms with Crippen molar-refractivity contribution in [3.8, 4) is 17.3 Å². The third-order valence-corrected chi connectivity index (χ3v) is 5.23.